The van der Waals surface area contributed by atoms with E-state index in [1.807, 2.05) is 44.2 Å². The van der Waals surface area contributed by atoms with E-state index in [9.17, 15) is 17.6 Å². The van der Waals surface area contributed by atoms with Gasteiger partial charge in [-0.15, -0.1) is 0 Å². The molecule has 3 aromatic rings. The zero-order valence-electron chi connectivity index (χ0n) is 17.7. The molecule has 1 aromatic heterocycles. The maximum Gasteiger partial charge on any atom is 0.242 e. The number of hydrogen-bond acceptors (Lipinski definition) is 4. The number of carbonyl (C=O) groups excluding carboxylic acids is 1. The molecule has 3 rings (SSSR count). The van der Waals surface area contributed by atoms with E-state index < -0.39 is 15.8 Å². The van der Waals surface area contributed by atoms with Gasteiger partial charge >= 0.3 is 0 Å². The molecule has 0 radical (unpaired) electrons. The van der Waals surface area contributed by atoms with Crippen LogP contribution in [0.25, 0.3) is 5.69 Å². The molecule has 0 fully saturated rings. The number of rotatable bonds is 8. The summed E-state index contributed by atoms with van der Waals surface area (Å²) in [5.74, 6) is -0.717. The molecular weight excluding hydrogens is 419 g/mol. The predicted octanol–water partition coefficient (Wildman–Crippen LogP) is 3.67. The molecule has 0 aliphatic heterocycles. The second kappa shape index (κ2) is 9.40. The van der Waals surface area contributed by atoms with Crippen LogP contribution in [0.4, 0.5) is 10.1 Å². The number of aryl methyl sites for hydroxylation is 1. The van der Waals surface area contributed by atoms with Crippen molar-refractivity contribution in [1.82, 2.24) is 14.1 Å². The number of aromatic nitrogens is 2. The average molecular weight is 445 g/mol. The van der Waals surface area contributed by atoms with Crippen molar-refractivity contribution in [2.24, 2.45) is 0 Å². The van der Waals surface area contributed by atoms with E-state index in [4.69, 9.17) is 0 Å². The molecule has 7 nitrogen and oxygen atoms in total. The van der Waals surface area contributed by atoms with Crippen LogP contribution in [0.5, 0.6) is 0 Å². The van der Waals surface area contributed by atoms with E-state index >= 15 is 0 Å². The fraction of sp³-hybridized carbons (Fsp3) is 0.273. The molecule has 0 aliphatic carbocycles. The SMILES string of the molecule is Cc1nn(-c2ccccc2)c(C)c1NC(=O)CCCN(C)S(=O)(=O)c1ccc(F)cc1. The maximum absolute atomic E-state index is 13.0. The molecule has 0 saturated heterocycles. The van der Waals surface area contributed by atoms with Gasteiger partial charge in [0, 0.05) is 20.0 Å². The number of nitrogens with one attached hydrogen (secondary N) is 1. The Morgan fingerprint density at radius 3 is 2.39 bits per heavy atom. The Labute approximate surface area is 181 Å². The quantitative estimate of drug-likeness (QED) is 0.575. The fourth-order valence-corrected chi connectivity index (χ4v) is 4.42. The van der Waals surface area contributed by atoms with E-state index in [0.717, 1.165) is 27.8 Å². The van der Waals surface area contributed by atoms with Crippen molar-refractivity contribution in [1.29, 1.82) is 0 Å². The van der Waals surface area contributed by atoms with Gasteiger partial charge in [-0.3, -0.25) is 4.79 Å². The maximum atomic E-state index is 13.0. The number of hydrogen-bond donors (Lipinski definition) is 1. The third-order valence-electron chi connectivity index (χ3n) is 4.96. The first-order valence-electron chi connectivity index (χ1n) is 9.83. The third-order valence-corrected chi connectivity index (χ3v) is 6.83. The summed E-state index contributed by atoms with van der Waals surface area (Å²) in [6.07, 6.45) is 0.492. The minimum Gasteiger partial charge on any atom is -0.323 e. The zero-order chi connectivity index (χ0) is 22.6. The van der Waals surface area contributed by atoms with Crippen LogP contribution in [-0.2, 0) is 14.8 Å². The fourth-order valence-electron chi connectivity index (χ4n) is 3.22. The largest absolute Gasteiger partial charge is 0.323 e. The standard InChI is InChI=1S/C22H25FN4O3S/c1-16-22(17(2)27(25-16)19-8-5-4-6-9-19)24-21(28)10-7-15-26(3)31(29,30)20-13-11-18(23)12-14-20/h4-6,8-9,11-14H,7,10,15H2,1-3H3,(H,24,28). The van der Waals surface area contributed by atoms with Crippen LogP contribution >= 0.6 is 0 Å². The molecule has 31 heavy (non-hydrogen) atoms. The van der Waals surface area contributed by atoms with Crippen LogP contribution in [0.3, 0.4) is 0 Å². The monoisotopic (exact) mass is 444 g/mol. The summed E-state index contributed by atoms with van der Waals surface area (Å²) in [6, 6.07) is 14.3. The lowest BCUT2D eigenvalue weighted by Crippen LogP contribution is -2.28. The lowest BCUT2D eigenvalue weighted by Gasteiger charge is -2.17. The van der Waals surface area contributed by atoms with Crippen molar-refractivity contribution in [3.05, 3.63) is 71.8 Å². The van der Waals surface area contributed by atoms with Crippen molar-refractivity contribution < 1.29 is 17.6 Å². The van der Waals surface area contributed by atoms with Crippen molar-refractivity contribution in [3.8, 4) is 5.69 Å². The molecule has 0 atom stereocenters. The number of sulfonamides is 1. The zero-order valence-corrected chi connectivity index (χ0v) is 18.5. The van der Waals surface area contributed by atoms with Gasteiger partial charge < -0.3 is 5.32 Å². The molecule has 9 heteroatoms. The van der Waals surface area contributed by atoms with Gasteiger partial charge in [0.25, 0.3) is 0 Å². The van der Waals surface area contributed by atoms with Gasteiger partial charge in [-0.1, -0.05) is 18.2 Å². The van der Waals surface area contributed by atoms with Crippen molar-refractivity contribution in [2.45, 2.75) is 31.6 Å². The summed E-state index contributed by atoms with van der Waals surface area (Å²) in [7, 11) is -2.29. The number of anilines is 1. The molecule has 164 valence electrons. The number of amides is 1. The second-order valence-electron chi connectivity index (χ2n) is 7.23. The summed E-state index contributed by atoms with van der Waals surface area (Å²) in [6.45, 7) is 3.87. The highest BCUT2D eigenvalue weighted by molar-refractivity contribution is 7.89. The lowest BCUT2D eigenvalue weighted by atomic mass is 10.2. The third kappa shape index (κ3) is 5.18. The van der Waals surface area contributed by atoms with Gasteiger partial charge in [-0.25, -0.2) is 21.8 Å². The Morgan fingerprint density at radius 2 is 1.74 bits per heavy atom. The molecular formula is C22H25FN4O3S. The van der Waals surface area contributed by atoms with Gasteiger partial charge in [0.1, 0.15) is 5.82 Å². The number of carbonyl (C=O) groups is 1. The van der Waals surface area contributed by atoms with E-state index in [1.165, 1.54) is 19.2 Å². The van der Waals surface area contributed by atoms with Crippen LogP contribution in [0.1, 0.15) is 24.2 Å². The van der Waals surface area contributed by atoms with Crippen LogP contribution in [0.2, 0.25) is 0 Å². The molecule has 2 aromatic carbocycles. The first-order chi connectivity index (χ1) is 14.7. The highest BCUT2D eigenvalue weighted by Gasteiger charge is 2.21. The van der Waals surface area contributed by atoms with E-state index in [2.05, 4.69) is 10.4 Å². The van der Waals surface area contributed by atoms with Crippen molar-refractivity contribution in [3.63, 3.8) is 0 Å². The molecule has 0 bridgehead atoms. The summed E-state index contributed by atoms with van der Waals surface area (Å²) in [4.78, 5) is 12.5. The topological polar surface area (TPSA) is 84.3 Å². The van der Waals surface area contributed by atoms with Gasteiger partial charge in [0.05, 0.1) is 27.7 Å². The van der Waals surface area contributed by atoms with Gasteiger partial charge in [-0.05, 0) is 56.7 Å². The predicted molar refractivity (Wildman–Crippen MR) is 117 cm³/mol. The van der Waals surface area contributed by atoms with E-state index in [-0.39, 0.29) is 23.8 Å². The molecule has 0 saturated carbocycles. The number of nitrogens with zero attached hydrogens (tertiary/aromatic N) is 3. The number of halogens is 1. The van der Waals surface area contributed by atoms with Crippen LogP contribution < -0.4 is 5.32 Å². The Bertz CT molecular complexity index is 1160. The highest BCUT2D eigenvalue weighted by Crippen LogP contribution is 2.23. The molecule has 0 spiro atoms. The Kier molecular flexibility index (Phi) is 6.87. The minimum atomic E-state index is -3.73. The molecule has 1 heterocycles. The number of para-hydroxylation sites is 1. The lowest BCUT2D eigenvalue weighted by molar-refractivity contribution is -0.116. The Morgan fingerprint density at radius 1 is 1.10 bits per heavy atom. The second-order valence-corrected chi connectivity index (χ2v) is 9.27. The minimum absolute atomic E-state index is 0.0143. The molecule has 1 amide bonds. The molecule has 0 aliphatic rings. The van der Waals surface area contributed by atoms with Crippen LogP contribution in [-0.4, -0.2) is 42.0 Å². The summed E-state index contributed by atoms with van der Waals surface area (Å²) in [5.41, 5.74) is 3.07. The van der Waals surface area contributed by atoms with Gasteiger partial charge in [0.15, 0.2) is 0 Å². The van der Waals surface area contributed by atoms with Crippen molar-refractivity contribution >= 4 is 21.6 Å². The smallest absolute Gasteiger partial charge is 0.242 e. The van der Waals surface area contributed by atoms with Crippen LogP contribution in [0.15, 0.2) is 59.5 Å². The first kappa shape index (κ1) is 22.6. The molecule has 1 N–H and O–H groups in total. The number of benzene rings is 2. The Hall–Kier alpha value is -3.04. The van der Waals surface area contributed by atoms with E-state index in [0.29, 0.717) is 17.8 Å². The normalized spacial score (nSPS) is 11.6. The highest BCUT2D eigenvalue weighted by atomic mass is 32.2. The average Bonchev–Trinajstić information content (AvgIpc) is 3.03. The van der Waals surface area contributed by atoms with Gasteiger partial charge in [-0.2, -0.15) is 5.10 Å². The summed E-state index contributed by atoms with van der Waals surface area (Å²) < 4.78 is 41.0. The summed E-state index contributed by atoms with van der Waals surface area (Å²) >= 11 is 0. The first-order valence-corrected chi connectivity index (χ1v) is 11.3. The molecule has 0 unspecified atom stereocenters. The van der Waals surface area contributed by atoms with Crippen LogP contribution in [0, 0.1) is 19.7 Å². The van der Waals surface area contributed by atoms with Crippen molar-refractivity contribution in [2.75, 3.05) is 18.9 Å². The summed E-state index contributed by atoms with van der Waals surface area (Å²) in [5, 5.41) is 7.39. The van der Waals surface area contributed by atoms with Gasteiger partial charge in [0.2, 0.25) is 15.9 Å². The van der Waals surface area contributed by atoms with E-state index in [1.54, 1.807) is 4.68 Å². The Balaban J connectivity index is 1.58.